The number of nitrogens with one attached hydrogen (secondary N) is 1. The second kappa shape index (κ2) is 6.12. The molecule has 0 saturated carbocycles. The minimum absolute atomic E-state index is 0.133. The summed E-state index contributed by atoms with van der Waals surface area (Å²) in [6.45, 7) is 2.78. The van der Waals surface area contributed by atoms with E-state index >= 15 is 0 Å². The van der Waals surface area contributed by atoms with Crippen LogP contribution in [0.5, 0.6) is 0 Å². The van der Waals surface area contributed by atoms with E-state index in [9.17, 15) is 10.1 Å². The smallest absolute Gasteiger partial charge is 0.348 e. The molecule has 1 fully saturated rings. The molecule has 0 atom stereocenters. The molecule has 7 nitrogen and oxygen atoms in total. The van der Waals surface area contributed by atoms with Crippen molar-refractivity contribution in [2.24, 2.45) is 5.92 Å². The number of nitrogens with zero attached hydrogens (tertiary/aromatic N) is 4. The van der Waals surface area contributed by atoms with Crippen LogP contribution in [0.3, 0.4) is 0 Å². The van der Waals surface area contributed by atoms with E-state index in [0.717, 1.165) is 25.9 Å². The first kappa shape index (κ1) is 14.0. The average molecular weight is 286 g/mol. The van der Waals surface area contributed by atoms with Gasteiger partial charge in [0.2, 0.25) is 11.0 Å². The van der Waals surface area contributed by atoms with Crippen molar-refractivity contribution < 1.29 is 4.92 Å². The largest absolute Gasteiger partial charge is 0.364 e. The van der Waals surface area contributed by atoms with Crippen LogP contribution >= 0.6 is 11.6 Å². The van der Waals surface area contributed by atoms with Crippen molar-refractivity contribution in [1.29, 1.82) is 0 Å². The van der Waals surface area contributed by atoms with E-state index in [-0.39, 0.29) is 16.7 Å². The van der Waals surface area contributed by atoms with Gasteiger partial charge in [-0.25, -0.2) is 9.97 Å². The fourth-order valence-electron chi connectivity index (χ4n) is 2.16. The van der Waals surface area contributed by atoms with Gasteiger partial charge in [0.15, 0.2) is 0 Å². The van der Waals surface area contributed by atoms with Crippen molar-refractivity contribution in [3.8, 4) is 0 Å². The fraction of sp³-hybridized carbons (Fsp3) is 0.636. The molecular weight excluding hydrogens is 270 g/mol. The first-order valence-electron chi connectivity index (χ1n) is 6.15. The Labute approximate surface area is 116 Å². The molecule has 1 saturated heterocycles. The van der Waals surface area contributed by atoms with E-state index in [2.05, 4.69) is 27.2 Å². The zero-order valence-electron chi connectivity index (χ0n) is 10.7. The number of piperidine rings is 1. The molecular formula is C11H16ClN5O2. The molecule has 0 radical (unpaired) electrons. The number of aromatic nitrogens is 2. The Hall–Kier alpha value is -1.47. The lowest BCUT2D eigenvalue weighted by molar-refractivity contribution is -0.384. The third kappa shape index (κ3) is 3.51. The molecule has 104 valence electrons. The molecule has 1 aliphatic rings. The molecule has 0 aromatic carbocycles. The van der Waals surface area contributed by atoms with Gasteiger partial charge in [-0.3, -0.25) is 10.1 Å². The highest BCUT2D eigenvalue weighted by atomic mass is 35.5. The predicted molar refractivity (Wildman–Crippen MR) is 72.4 cm³/mol. The second-order valence-corrected chi connectivity index (χ2v) is 5.10. The Kier molecular flexibility index (Phi) is 4.49. The Morgan fingerprint density at radius 3 is 2.84 bits per heavy atom. The van der Waals surface area contributed by atoms with Gasteiger partial charge in [-0.05, 0) is 38.9 Å². The summed E-state index contributed by atoms with van der Waals surface area (Å²) in [5, 5.41) is 13.8. The topological polar surface area (TPSA) is 84.2 Å². The number of hydrogen-bond acceptors (Lipinski definition) is 6. The van der Waals surface area contributed by atoms with Gasteiger partial charge in [0.1, 0.15) is 6.33 Å². The number of halogens is 1. The molecule has 1 N–H and O–H groups in total. The van der Waals surface area contributed by atoms with E-state index < -0.39 is 4.92 Å². The third-order valence-corrected chi connectivity index (χ3v) is 3.63. The molecule has 19 heavy (non-hydrogen) atoms. The third-order valence-electron chi connectivity index (χ3n) is 3.36. The fourth-order valence-corrected chi connectivity index (χ4v) is 2.36. The molecule has 1 aliphatic heterocycles. The zero-order chi connectivity index (χ0) is 13.8. The Morgan fingerprint density at radius 1 is 1.53 bits per heavy atom. The molecule has 1 aromatic rings. The summed E-state index contributed by atoms with van der Waals surface area (Å²) < 4.78 is 0. The molecule has 2 heterocycles. The van der Waals surface area contributed by atoms with Gasteiger partial charge in [-0.2, -0.15) is 0 Å². The van der Waals surface area contributed by atoms with E-state index in [1.807, 2.05) is 0 Å². The molecule has 0 amide bonds. The lowest BCUT2D eigenvalue weighted by Crippen LogP contribution is -2.33. The van der Waals surface area contributed by atoms with Crippen molar-refractivity contribution in [3.63, 3.8) is 0 Å². The van der Waals surface area contributed by atoms with E-state index in [0.29, 0.717) is 12.5 Å². The standard InChI is InChI=1S/C11H16ClN5O2/c1-16-4-2-8(3-5-16)6-13-11-9(17(18)19)10(12)14-7-15-11/h7-8H,2-6H2,1H3,(H,13,14,15). The normalized spacial score (nSPS) is 17.4. The molecule has 0 bridgehead atoms. The minimum atomic E-state index is -0.556. The molecule has 0 spiro atoms. The van der Waals surface area contributed by atoms with Gasteiger partial charge in [0, 0.05) is 6.54 Å². The van der Waals surface area contributed by atoms with Gasteiger partial charge in [0.05, 0.1) is 4.92 Å². The molecule has 0 aliphatic carbocycles. The monoisotopic (exact) mass is 285 g/mol. The SMILES string of the molecule is CN1CCC(CNc2ncnc(Cl)c2[N+](=O)[O-])CC1. The van der Waals surface area contributed by atoms with Gasteiger partial charge >= 0.3 is 5.69 Å². The maximum absolute atomic E-state index is 10.9. The highest BCUT2D eigenvalue weighted by molar-refractivity contribution is 6.31. The van der Waals surface area contributed by atoms with Crippen LogP contribution in [0.2, 0.25) is 5.15 Å². The lowest BCUT2D eigenvalue weighted by Gasteiger charge is -2.28. The van der Waals surface area contributed by atoms with Crippen LogP contribution in [0.4, 0.5) is 11.5 Å². The first-order valence-corrected chi connectivity index (χ1v) is 6.53. The van der Waals surface area contributed by atoms with Crippen LogP contribution in [-0.2, 0) is 0 Å². The van der Waals surface area contributed by atoms with E-state index in [4.69, 9.17) is 11.6 Å². The van der Waals surface area contributed by atoms with Gasteiger partial charge in [0.25, 0.3) is 0 Å². The van der Waals surface area contributed by atoms with Crippen molar-refractivity contribution in [3.05, 3.63) is 21.6 Å². The van der Waals surface area contributed by atoms with E-state index in [1.54, 1.807) is 0 Å². The number of hydrogen-bond donors (Lipinski definition) is 1. The Balaban J connectivity index is 2.00. The number of nitro groups is 1. The van der Waals surface area contributed by atoms with Crippen LogP contribution in [0.25, 0.3) is 0 Å². The van der Waals surface area contributed by atoms with Crippen molar-refractivity contribution in [1.82, 2.24) is 14.9 Å². The predicted octanol–water partition coefficient (Wildman–Crippen LogP) is 1.79. The molecule has 2 rings (SSSR count). The average Bonchev–Trinajstić information content (AvgIpc) is 2.37. The van der Waals surface area contributed by atoms with Crippen LogP contribution in [-0.4, -0.2) is 46.5 Å². The minimum Gasteiger partial charge on any atom is -0.364 e. The highest BCUT2D eigenvalue weighted by Gasteiger charge is 2.23. The second-order valence-electron chi connectivity index (χ2n) is 4.75. The van der Waals surface area contributed by atoms with Crippen LogP contribution in [0.15, 0.2) is 6.33 Å². The first-order chi connectivity index (χ1) is 9.08. The summed E-state index contributed by atoms with van der Waals surface area (Å²) in [6, 6.07) is 0. The van der Waals surface area contributed by atoms with Crippen molar-refractivity contribution in [2.45, 2.75) is 12.8 Å². The maximum atomic E-state index is 10.9. The Bertz CT molecular complexity index is 462. The zero-order valence-corrected chi connectivity index (χ0v) is 11.4. The maximum Gasteiger partial charge on any atom is 0.348 e. The van der Waals surface area contributed by atoms with Crippen LogP contribution < -0.4 is 5.32 Å². The summed E-state index contributed by atoms with van der Waals surface area (Å²) in [5.41, 5.74) is -0.253. The van der Waals surface area contributed by atoms with E-state index in [1.165, 1.54) is 6.33 Å². The van der Waals surface area contributed by atoms with Gasteiger partial charge in [-0.15, -0.1) is 0 Å². The van der Waals surface area contributed by atoms with Gasteiger partial charge in [-0.1, -0.05) is 11.6 Å². The van der Waals surface area contributed by atoms with Crippen LogP contribution in [0, 0.1) is 16.0 Å². The van der Waals surface area contributed by atoms with Gasteiger partial charge < -0.3 is 10.2 Å². The molecule has 8 heteroatoms. The summed E-state index contributed by atoms with van der Waals surface area (Å²) in [6.07, 6.45) is 3.39. The summed E-state index contributed by atoms with van der Waals surface area (Å²) in [4.78, 5) is 20.2. The van der Waals surface area contributed by atoms with Crippen molar-refractivity contribution >= 4 is 23.1 Å². The van der Waals surface area contributed by atoms with Crippen LogP contribution in [0.1, 0.15) is 12.8 Å². The summed E-state index contributed by atoms with van der Waals surface area (Å²) in [5.74, 6) is 0.702. The number of rotatable bonds is 4. The van der Waals surface area contributed by atoms with Crippen molar-refractivity contribution in [2.75, 3.05) is 32.0 Å². The Morgan fingerprint density at radius 2 is 2.21 bits per heavy atom. The number of likely N-dealkylation sites (tertiary alicyclic amines) is 1. The molecule has 0 unspecified atom stereocenters. The quantitative estimate of drug-likeness (QED) is 0.516. The summed E-state index contributed by atoms with van der Waals surface area (Å²) >= 11 is 5.73. The summed E-state index contributed by atoms with van der Waals surface area (Å²) in [7, 11) is 2.10. The number of anilines is 1. The molecule has 1 aromatic heterocycles. The lowest BCUT2D eigenvalue weighted by atomic mass is 9.97. The highest BCUT2D eigenvalue weighted by Crippen LogP contribution is 2.28.